The second kappa shape index (κ2) is 3.54. The lowest BCUT2D eigenvalue weighted by Crippen LogP contribution is -2.26. The molecule has 1 heterocycles. The minimum atomic E-state index is -4.37. The van der Waals surface area contributed by atoms with Crippen molar-refractivity contribution in [1.29, 1.82) is 0 Å². The summed E-state index contributed by atoms with van der Waals surface area (Å²) in [4.78, 5) is 12.0. The Morgan fingerprint density at radius 1 is 1.35 bits per heavy atom. The molecule has 17 heavy (non-hydrogen) atoms. The van der Waals surface area contributed by atoms with Gasteiger partial charge in [0.05, 0.1) is 4.88 Å². The first-order chi connectivity index (χ1) is 7.62. The first-order valence-electron chi connectivity index (χ1n) is 5.04. The number of carbonyl (C=O) groups excluding carboxylic acids is 1. The highest BCUT2D eigenvalue weighted by atomic mass is 32.2. The maximum absolute atomic E-state index is 11.9. The molecule has 0 fully saturated rings. The van der Waals surface area contributed by atoms with E-state index in [1.54, 1.807) is 0 Å². The van der Waals surface area contributed by atoms with E-state index in [0.717, 1.165) is 11.3 Å². The normalized spacial score (nSPS) is 19.1. The van der Waals surface area contributed by atoms with Crippen LogP contribution in [0.3, 0.4) is 0 Å². The molecule has 1 aliphatic carbocycles. The number of hydrogen-bond acceptors (Lipinski definition) is 5. The topological polar surface area (TPSA) is 97.5 Å². The van der Waals surface area contributed by atoms with Crippen LogP contribution in [-0.2, 0) is 16.5 Å². The second-order valence-electron chi connectivity index (χ2n) is 5.02. The minimum Gasteiger partial charge on any atom is -0.389 e. The molecule has 0 aromatic carbocycles. The molecular formula is C10H13NO4S2. The quantitative estimate of drug-likeness (QED) is 0.761. The molecule has 7 heteroatoms. The molecule has 0 bridgehead atoms. The second-order valence-corrected chi connectivity index (χ2v) is 7.43. The van der Waals surface area contributed by atoms with E-state index in [9.17, 15) is 13.2 Å². The number of carbonyl (C=O) groups is 1. The van der Waals surface area contributed by atoms with Crippen molar-refractivity contribution in [1.82, 2.24) is 0 Å². The van der Waals surface area contributed by atoms with Crippen LogP contribution >= 0.6 is 11.3 Å². The molecule has 0 spiro atoms. The predicted octanol–water partition coefficient (Wildman–Crippen LogP) is 1.73. The molecule has 0 radical (unpaired) electrons. The van der Waals surface area contributed by atoms with Gasteiger partial charge in [0, 0.05) is 6.42 Å². The fraction of sp³-hybridized carbons (Fsp3) is 0.500. The van der Waals surface area contributed by atoms with Crippen molar-refractivity contribution in [2.75, 3.05) is 5.73 Å². The summed E-state index contributed by atoms with van der Waals surface area (Å²) in [6.45, 7) is 3.77. The van der Waals surface area contributed by atoms with E-state index in [2.05, 4.69) is 0 Å². The molecule has 5 nitrogen and oxygen atoms in total. The molecule has 1 aliphatic rings. The molecular weight excluding hydrogens is 262 g/mol. The predicted molar refractivity (Wildman–Crippen MR) is 65.0 cm³/mol. The van der Waals surface area contributed by atoms with Gasteiger partial charge in [0.25, 0.3) is 10.1 Å². The monoisotopic (exact) mass is 275 g/mol. The molecule has 0 saturated heterocycles. The molecule has 0 unspecified atom stereocenters. The average molecular weight is 275 g/mol. The van der Waals surface area contributed by atoms with Crippen molar-refractivity contribution < 1.29 is 17.8 Å². The lowest BCUT2D eigenvalue weighted by atomic mass is 9.76. The van der Waals surface area contributed by atoms with E-state index in [-0.39, 0.29) is 21.1 Å². The van der Waals surface area contributed by atoms with E-state index in [0.29, 0.717) is 23.3 Å². The Morgan fingerprint density at radius 2 is 1.94 bits per heavy atom. The number of anilines is 1. The van der Waals surface area contributed by atoms with Crippen LogP contribution in [-0.4, -0.2) is 18.8 Å². The summed E-state index contributed by atoms with van der Waals surface area (Å²) in [5, 5.41) is -0.0106. The fourth-order valence-corrected chi connectivity index (χ4v) is 4.36. The van der Waals surface area contributed by atoms with Gasteiger partial charge < -0.3 is 5.73 Å². The zero-order valence-electron chi connectivity index (χ0n) is 9.48. The Kier molecular flexibility index (Phi) is 2.61. The summed E-state index contributed by atoms with van der Waals surface area (Å²) in [6.07, 6.45) is 0.793. The Morgan fingerprint density at radius 3 is 2.47 bits per heavy atom. The van der Waals surface area contributed by atoms with Gasteiger partial charge in [0.2, 0.25) is 0 Å². The van der Waals surface area contributed by atoms with E-state index in [1.807, 2.05) is 13.8 Å². The summed E-state index contributed by atoms with van der Waals surface area (Å²) in [5.41, 5.74) is 5.65. The van der Waals surface area contributed by atoms with Crippen LogP contribution in [0.1, 0.15) is 35.5 Å². The average Bonchev–Trinajstić information content (AvgIpc) is 2.38. The van der Waals surface area contributed by atoms with Gasteiger partial charge in [-0.05, 0) is 17.4 Å². The van der Waals surface area contributed by atoms with Crippen LogP contribution in [0.4, 0.5) is 5.00 Å². The maximum Gasteiger partial charge on any atom is 0.297 e. The minimum absolute atomic E-state index is 0.0106. The molecule has 1 aromatic heterocycles. The van der Waals surface area contributed by atoms with Crippen molar-refractivity contribution in [3.8, 4) is 0 Å². The van der Waals surface area contributed by atoms with Gasteiger partial charge in [0.1, 0.15) is 9.90 Å². The third kappa shape index (κ3) is 2.10. The Labute approximate surface area is 103 Å². The lowest BCUT2D eigenvalue weighted by molar-refractivity contribution is 0.0916. The standard InChI is InChI=1S/C10H13NO4S2/c1-10(2)3-5-7(6(12)4-10)16-9(11)8(5)17(13,14)15/h3-4,11H2,1-2H3,(H,13,14,15). The van der Waals surface area contributed by atoms with Crippen LogP contribution in [0.15, 0.2) is 4.90 Å². The SMILES string of the molecule is CC1(C)CC(=O)c2sc(N)c(S(=O)(=O)O)c2C1. The van der Waals surface area contributed by atoms with Crippen LogP contribution in [0.5, 0.6) is 0 Å². The van der Waals surface area contributed by atoms with E-state index < -0.39 is 10.1 Å². The van der Waals surface area contributed by atoms with Gasteiger partial charge in [-0.25, -0.2) is 0 Å². The summed E-state index contributed by atoms with van der Waals surface area (Å²) >= 11 is 0.942. The lowest BCUT2D eigenvalue weighted by Gasteiger charge is -2.28. The smallest absolute Gasteiger partial charge is 0.297 e. The largest absolute Gasteiger partial charge is 0.389 e. The Balaban J connectivity index is 2.72. The Bertz CT molecular complexity index is 598. The number of ketones is 1. The van der Waals surface area contributed by atoms with Crippen LogP contribution in [0.25, 0.3) is 0 Å². The molecule has 2 rings (SSSR count). The molecule has 94 valence electrons. The zero-order chi connectivity index (χ0) is 13.0. The fourth-order valence-electron chi connectivity index (χ4n) is 2.19. The van der Waals surface area contributed by atoms with Crippen molar-refractivity contribution in [2.45, 2.75) is 31.6 Å². The number of nitrogen functional groups attached to an aromatic ring is 1. The zero-order valence-corrected chi connectivity index (χ0v) is 11.1. The number of thiophene rings is 1. The first kappa shape index (κ1) is 12.5. The van der Waals surface area contributed by atoms with Crippen molar-refractivity contribution in [3.05, 3.63) is 10.4 Å². The highest BCUT2D eigenvalue weighted by Crippen LogP contribution is 2.44. The first-order valence-corrected chi connectivity index (χ1v) is 7.29. The summed E-state index contributed by atoms with van der Waals surface area (Å²) in [6, 6.07) is 0. The molecule has 0 amide bonds. The van der Waals surface area contributed by atoms with E-state index in [4.69, 9.17) is 10.3 Å². The van der Waals surface area contributed by atoms with E-state index in [1.165, 1.54) is 0 Å². The van der Waals surface area contributed by atoms with Crippen molar-refractivity contribution in [2.24, 2.45) is 5.41 Å². The molecule has 3 N–H and O–H groups in total. The van der Waals surface area contributed by atoms with Gasteiger partial charge in [-0.2, -0.15) is 8.42 Å². The third-order valence-corrected chi connectivity index (χ3v) is 5.00. The number of nitrogens with two attached hydrogens (primary N) is 1. The summed E-state index contributed by atoms with van der Waals surface area (Å²) in [7, 11) is -4.37. The summed E-state index contributed by atoms with van der Waals surface area (Å²) < 4.78 is 31.7. The summed E-state index contributed by atoms with van der Waals surface area (Å²) in [5.74, 6) is -0.108. The Hall–Kier alpha value is -0.920. The van der Waals surface area contributed by atoms with Gasteiger partial charge in [0.15, 0.2) is 5.78 Å². The van der Waals surface area contributed by atoms with Gasteiger partial charge in [-0.3, -0.25) is 9.35 Å². The van der Waals surface area contributed by atoms with Crippen LogP contribution < -0.4 is 5.73 Å². The number of Topliss-reactive ketones (excluding diaryl/α,β-unsaturated/α-hetero) is 1. The van der Waals surface area contributed by atoms with Crippen molar-refractivity contribution >= 4 is 32.2 Å². The molecule has 0 aliphatic heterocycles. The number of fused-ring (bicyclic) bond motifs is 1. The maximum atomic E-state index is 11.9. The van der Waals surface area contributed by atoms with Crippen LogP contribution in [0, 0.1) is 5.41 Å². The van der Waals surface area contributed by atoms with Gasteiger partial charge in [-0.15, -0.1) is 11.3 Å². The van der Waals surface area contributed by atoms with Gasteiger partial charge in [-0.1, -0.05) is 13.8 Å². The van der Waals surface area contributed by atoms with Gasteiger partial charge >= 0.3 is 0 Å². The number of rotatable bonds is 1. The van der Waals surface area contributed by atoms with E-state index >= 15 is 0 Å². The molecule has 0 saturated carbocycles. The molecule has 0 atom stereocenters. The third-order valence-electron chi connectivity index (χ3n) is 2.79. The number of hydrogen-bond donors (Lipinski definition) is 2. The highest BCUT2D eigenvalue weighted by molar-refractivity contribution is 7.86. The van der Waals surface area contributed by atoms with Crippen molar-refractivity contribution in [3.63, 3.8) is 0 Å². The van der Waals surface area contributed by atoms with Crippen LogP contribution in [0.2, 0.25) is 0 Å². The molecule has 1 aromatic rings. The highest BCUT2D eigenvalue weighted by Gasteiger charge is 2.37.